The highest BCUT2D eigenvalue weighted by atomic mass is 35.5. The van der Waals surface area contributed by atoms with E-state index in [9.17, 15) is 0 Å². The summed E-state index contributed by atoms with van der Waals surface area (Å²) >= 11 is 7.73. The predicted octanol–water partition coefficient (Wildman–Crippen LogP) is 4.53. The van der Waals surface area contributed by atoms with Crippen LogP contribution in [0.5, 0.6) is 10.9 Å². The average molecular weight is 326 g/mol. The number of nitrogens with one attached hydrogen (secondary N) is 1. The van der Waals surface area contributed by atoms with Crippen molar-refractivity contribution in [3.63, 3.8) is 0 Å². The zero-order valence-electron chi connectivity index (χ0n) is 12.7. The fourth-order valence-electron chi connectivity index (χ4n) is 1.90. The molecule has 2 rings (SSSR count). The highest BCUT2D eigenvalue weighted by Crippen LogP contribution is 2.34. The molecule has 0 spiro atoms. The Bertz CT molecular complexity index is 613. The Hall–Kier alpha value is -1.17. The molecule has 0 amide bonds. The average Bonchev–Trinajstić information content (AvgIpc) is 2.86. The number of aryl methyl sites for hydroxylation is 1. The fraction of sp³-hybridized carbons (Fsp3) is 0.467. The van der Waals surface area contributed by atoms with Crippen molar-refractivity contribution in [1.29, 1.82) is 0 Å². The predicted molar refractivity (Wildman–Crippen MR) is 87.6 cm³/mol. The molecule has 0 aliphatic rings. The molecule has 0 atom stereocenters. The molecule has 0 saturated carbocycles. The van der Waals surface area contributed by atoms with Crippen molar-refractivity contribution in [2.75, 3.05) is 6.54 Å². The second kappa shape index (κ2) is 7.20. The number of rotatable bonds is 6. The normalized spacial score (nSPS) is 11.1. The van der Waals surface area contributed by atoms with Crippen LogP contribution < -0.4 is 10.1 Å². The topological polar surface area (TPSA) is 47.0 Å². The van der Waals surface area contributed by atoms with E-state index in [2.05, 4.69) is 36.3 Å². The van der Waals surface area contributed by atoms with Crippen molar-refractivity contribution in [2.45, 2.75) is 40.2 Å². The molecule has 0 fully saturated rings. The van der Waals surface area contributed by atoms with E-state index < -0.39 is 0 Å². The molecule has 1 aromatic carbocycles. The first-order valence-corrected chi connectivity index (χ1v) is 8.21. The van der Waals surface area contributed by atoms with Crippen molar-refractivity contribution in [1.82, 2.24) is 15.5 Å². The van der Waals surface area contributed by atoms with Crippen LogP contribution in [0.2, 0.25) is 5.02 Å². The van der Waals surface area contributed by atoms with E-state index in [4.69, 9.17) is 16.3 Å². The molecule has 0 bridgehead atoms. The van der Waals surface area contributed by atoms with Gasteiger partial charge in [0.2, 0.25) is 0 Å². The number of halogens is 1. The van der Waals surface area contributed by atoms with Gasteiger partial charge in [-0.05, 0) is 42.6 Å². The summed E-state index contributed by atoms with van der Waals surface area (Å²) in [6.45, 7) is 9.88. The van der Waals surface area contributed by atoms with Crippen molar-refractivity contribution < 1.29 is 4.74 Å². The lowest BCUT2D eigenvalue weighted by atomic mass is 10.0. The first kappa shape index (κ1) is 16.2. The summed E-state index contributed by atoms with van der Waals surface area (Å²) in [5, 5.41) is 13.7. The zero-order chi connectivity index (χ0) is 15.4. The Labute approximate surface area is 134 Å². The Morgan fingerprint density at radius 1 is 1.33 bits per heavy atom. The molecule has 6 heteroatoms. The summed E-state index contributed by atoms with van der Waals surface area (Å²) in [5.41, 5.74) is 2.07. The third-order valence-corrected chi connectivity index (χ3v) is 4.22. The third-order valence-electron chi connectivity index (χ3n) is 3.09. The van der Waals surface area contributed by atoms with Crippen molar-refractivity contribution in [2.24, 2.45) is 0 Å². The lowest BCUT2D eigenvalue weighted by Gasteiger charge is -2.12. The summed E-state index contributed by atoms with van der Waals surface area (Å²) in [6.07, 6.45) is 0. The first-order chi connectivity index (χ1) is 10.0. The zero-order valence-corrected chi connectivity index (χ0v) is 14.3. The summed E-state index contributed by atoms with van der Waals surface area (Å²) < 4.78 is 5.87. The number of hydrogen-bond acceptors (Lipinski definition) is 5. The Kier molecular flexibility index (Phi) is 5.56. The Morgan fingerprint density at radius 2 is 2.10 bits per heavy atom. The van der Waals surface area contributed by atoms with Gasteiger partial charge in [-0.3, -0.25) is 0 Å². The number of benzene rings is 1. The molecule has 1 aromatic heterocycles. The second-order valence-electron chi connectivity index (χ2n) is 5.14. The van der Waals surface area contributed by atoms with Crippen LogP contribution in [0.25, 0.3) is 0 Å². The van der Waals surface area contributed by atoms with Gasteiger partial charge in [-0.15, -0.1) is 5.10 Å². The van der Waals surface area contributed by atoms with Crippen LogP contribution >= 0.6 is 22.9 Å². The minimum atomic E-state index is 0.346. The van der Waals surface area contributed by atoms with Crippen LogP contribution in [0.3, 0.4) is 0 Å². The lowest BCUT2D eigenvalue weighted by molar-refractivity contribution is 0.468. The van der Waals surface area contributed by atoms with E-state index in [0.717, 1.165) is 33.5 Å². The van der Waals surface area contributed by atoms with E-state index >= 15 is 0 Å². The van der Waals surface area contributed by atoms with Crippen LogP contribution in [0, 0.1) is 6.92 Å². The first-order valence-electron chi connectivity index (χ1n) is 7.02. The number of hydrogen-bond donors (Lipinski definition) is 1. The molecule has 0 aliphatic carbocycles. The van der Waals surface area contributed by atoms with Gasteiger partial charge in [0, 0.05) is 11.6 Å². The second-order valence-corrected chi connectivity index (χ2v) is 6.57. The van der Waals surface area contributed by atoms with Gasteiger partial charge in [-0.2, -0.15) is 0 Å². The number of ether oxygens (including phenoxy) is 1. The molecule has 0 saturated heterocycles. The number of nitrogens with zero attached hydrogens (tertiary/aromatic N) is 2. The maximum atomic E-state index is 6.27. The summed E-state index contributed by atoms with van der Waals surface area (Å²) in [7, 11) is 0. The largest absolute Gasteiger partial charge is 0.430 e. The van der Waals surface area contributed by atoms with Gasteiger partial charge in [-0.25, -0.2) is 0 Å². The molecule has 0 radical (unpaired) electrons. The molecular formula is C15H20ClN3OS. The van der Waals surface area contributed by atoms with Crippen LogP contribution in [-0.2, 0) is 6.54 Å². The van der Waals surface area contributed by atoms with Gasteiger partial charge in [0.1, 0.15) is 10.8 Å². The maximum Gasteiger partial charge on any atom is 0.299 e. The fourth-order valence-corrected chi connectivity index (χ4v) is 3.00. The highest BCUT2D eigenvalue weighted by molar-refractivity contribution is 7.13. The quantitative estimate of drug-likeness (QED) is 0.848. The molecule has 1 heterocycles. The van der Waals surface area contributed by atoms with Crippen LogP contribution in [0.4, 0.5) is 0 Å². The van der Waals surface area contributed by atoms with Crippen LogP contribution in [-0.4, -0.2) is 16.7 Å². The molecule has 114 valence electrons. The van der Waals surface area contributed by atoms with Gasteiger partial charge in [-0.1, -0.05) is 48.8 Å². The Balaban J connectivity index is 2.19. The van der Waals surface area contributed by atoms with E-state index in [1.807, 2.05) is 19.1 Å². The summed E-state index contributed by atoms with van der Waals surface area (Å²) in [6, 6.07) is 3.93. The van der Waals surface area contributed by atoms with Gasteiger partial charge in [0.25, 0.3) is 5.19 Å². The molecule has 1 N–H and O–H groups in total. The molecule has 0 aliphatic heterocycles. The van der Waals surface area contributed by atoms with Crippen molar-refractivity contribution >= 4 is 22.9 Å². The maximum absolute atomic E-state index is 6.27. The van der Waals surface area contributed by atoms with E-state index in [0.29, 0.717) is 17.7 Å². The van der Waals surface area contributed by atoms with Crippen molar-refractivity contribution in [3.8, 4) is 10.9 Å². The molecule has 2 aromatic rings. The Morgan fingerprint density at radius 3 is 2.76 bits per heavy atom. The molecule has 21 heavy (non-hydrogen) atoms. The van der Waals surface area contributed by atoms with E-state index in [-0.39, 0.29) is 0 Å². The summed E-state index contributed by atoms with van der Waals surface area (Å²) in [4.78, 5) is 0. The summed E-state index contributed by atoms with van der Waals surface area (Å²) in [5.74, 6) is 1.13. The smallest absolute Gasteiger partial charge is 0.299 e. The third kappa shape index (κ3) is 4.15. The lowest BCUT2D eigenvalue weighted by Crippen LogP contribution is -2.11. The van der Waals surface area contributed by atoms with Crippen LogP contribution in [0.15, 0.2) is 12.1 Å². The minimum absolute atomic E-state index is 0.346. The monoisotopic (exact) mass is 325 g/mol. The van der Waals surface area contributed by atoms with E-state index in [1.165, 1.54) is 11.3 Å². The number of aromatic nitrogens is 2. The standard InChI is InChI=1S/C15H20ClN3OS/c1-5-17-8-14-18-19-15(21-14)20-13-7-11(9(2)3)12(16)6-10(13)4/h6-7,9,17H,5,8H2,1-4H3. The van der Waals surface area contributed by atoms with Gasteiger partial charge in [0.05, 0.1) is 0 Å². The van der Waals surface area contributed by atoms with Crippen molar-refractivity contribution in [3.05, 3.63) is 33.3 Å². The van der Waals surface area contributed by atoms with Gasteiger partial charge < -0.3 is 10.1 Å². The van der Waals surface area contributed by atoms with Gasteiger partial charge >= 0.3 is 0 Å². The molecular weight excluding hydrogens is 306 g/mol. The molecule has 4 nitrogen and oxygen atoms in total. The highest BCUT2D eigenvalue weighted by Gasteiger charge is 2.13. The van der Waals surface area contributed by atoms with E-state index in [1.54, 1.807) is 0 Å². The molecule has 0 unspecified atom stereocenters. The minimum Gasteiger partial charge on any atom is -0.430 e. The SMILES string of the molecule is CCNCc1nnc(Oc2cc(C(C)C)c(Cl)cc2C)s1. The van der Waals surface area contributed by atoms with Crippen LogP contribution in [0.1, 0.15) is 42.8 Å². The van der Waals surface area contributed by atoms with Gasteiger partial charge in [0.15, 0.2) is 0 Å².